The number of primary amides is 1. The number of carbonyl (C=O) groups excluding carboxylic acids is 4. The maximum atomic E-state index is 13.9. The number of nitrogens with zero attached hydrogens (tertiary/aromatic N) is 1. The van der Waals surface area contributed by atoms with E-state index in [1.54, 1.807) is 45.9 Å². The van der Waals surface area contributed by atoms with Crippen LogP contribution in [0.3, 0.4) is 0 Å². The molecule has 0 aromatic heterocycles. The van der Waals surface area contributed by atoms with Gasteiger partial charge in [-0.3, -0.25) is 14.4 Å². The third kappa shape index (κ3) is 9.45. The number of aromatic hydroxyl groups is 1. The minimum atomic E-state index is -1.32. The first-order chi connectivity index (χ1) is 18.2. The quantitative estimate of drug-likeness (QED) is 0.280. The molecule has 0 radical (unpaired) electrons. The van der Waals surface area contributed by atoms with Crippen LogP contribution < -0.4 is 16.4 Å². The van der Waals surface area contributed by atoms with Gasteiger partial charge in [0.25, 0.3) is 5.91 Å². The van der Waals surface area contributed by atoms with Crippen molar-refractivity contribution < 1.29 is 34.1 Å². The van der Waals surface area contributed by atoms with E-state index in [1.165, 1.54) is 24.3 Å². The van der Waals surface area contributed by atoms with Gasteiger partial charge in [-0.05, 0) is 63.4 Å². The van der Waals surface area contributed by atoms with E-state index >= 15 is 0 Å². The summed E-state index contributed by atoms with van der Waals surface area (Å²) >= 11 is 6.31. The molecule has 0 aliphatic heterocycles. The number of hydrogen-bond acceptors (Lipinski definition) is 7. The van der Waals surface area contributed by atoms with Gasteiger partial charge in [-0.1, -0.05) is 35.9 Å². The van der Waals surface area contributed by atoms with Crippen LogP contribution in [-0.2, 0) is 19.1 Å². The Morgan fingerprint density at radius 3 is 2.28 bits per heavy atom. The highest BCUT2D eigenvalue weighted by Gasteiger charge is 2.36. The summed E-state index contributed by atoms with van der Waals surface area (Å²) in [7, 11) is 0. The maximum absolute atomic E-state index is 13.9. The number of aliphatic hydroxyl groups excluding tert-OH is 1. The molecule has 2 aromatic carbocycles. The van der Waals surface area contributed by atoms with Crippen molar-refractivity contribution in [2.75, 3.05) is 18.5 Å². The molecule has 2 unspecified atom stereocenters. The fourth-order valence-electron chi connectivity index (χ4n) is 3.78. The van der Waals surface area contributed by atoms with E-state index in [0.29, 0.717) is 16.8 Å². The van der Waals surface area contributed by atoms with Crippen molar-refractivity contribution in [1.29, 1.82) is 0 Å². The smallest absolute Gasteiger partial charge is 0.408 e. The van der Waals surface area contributed by atoms with Crippen LogP contribution in [0.25, 0.3) is 0 Å². The Kier molecular flexibility index (Phi) is 11.1. The highest BCUT2D eigenvalue weighted by atomic mass is 35.5. The van der Waals surface area contributed by atoms with E-state index in [-0.39, 0.29) is 30.2 Å². The zero-order chi connectivity index (χ0) is 29.3. The largest absolute Gasteiger partial charge is 0.508 e. The number of benzene rings is 2. The first-order valence-corrected chi connectivity index (χ1v) is 12.7. The number of ether oxygens (including phenoxy) is 1. The topological polar surface area (TPSA) is 171 Å². The summed E-state index contributed by atoms with van der Waals surface area (Å²) in [6.45, 7) is 5.86. The Labute approximate surface area is 232 Å². The van der Waals surface area contributed by atoms with Gasteiger partial charge in [0.2, 0.25) is 11.8 Å². The molecule has 11 nitrogen and oxygen atoms in total. The molecule has 4 amide bonds. The number of alkyl carbamates (subject to hydrolysis) is 1. The van der Waals surface area contributed by atoms with Gasteiger partial charge in [-0.15, -0.1) is 0 Å². The number of phenols is 1. The van der Waals surface area contributed by atoms with Crippen molar-refractivity contribution in [2.24, 2.45) is 5.73 Å². The van der Waals surface area contributed by atoms with E-state index in [1.807, 2.05) is 0 Å². The van der Waals surface area contributed by atoms with Crippen LogP contribution in [0.2, 0.25) is 5.02 Å². The van der Waals surface area contributed by atoms with Crippen molar-refractivity contribution in [3.8, 4) is 5.75 Å². The third-order valence-electron chi connectivity index (χ3n) is 5.53. The first kappa shape index (κ1) is 31.4. The number of hydrogen-bond donors (Lipinski definition) is 5. The Bertz CT molecular complexity index is 1160. The molecule has 0 fully saturated rings. The minimum Gasteiger partial charge on any atom is -0.508 e. The highest BCUT2D eigenvalue weighted by Crippen LogP contribution is 2.30. The van der Waals surface area contributed by atoms with Crippen LogP contribution in [0.4, 0.5) is 10.5 Å². The second-order valence-electron chi connectivity index (χ2n) is 9.87. The summed E-state index contributed by atoms with van der Waals surface area (Å²) in [5.41, 5.74) is 5.74. The van der Waals surface area contributed by atoms with Crippen LogP contribution >= 0.6 is 11.6 Å². The number of anilines is 1. The van der Waals surface area contributed by atoms with Gasteiger partial charge in [0, 0.05) is 13.0 Å². The van der Waals surface area contributed by atoms with Crippen molar-refractivity contribution in [1.82, 2.24) is 10.2 Å². The zero-order valence-corrected chi connectivity index (χ0v) is 23.1. The zero-order valence-electron chi connectivity index (χ0n) is 22.4. The minimum absolute atomic E-state index is 0.0641. The number of nitrogens with one attached hydrogen (secondary N) is 2. The van der Waals surface area contributed by atoms with Gasteiger partial charge < -0.3 is 36.2 Å². The molecular formula is C27H35ClN4O7. The van der Waals surface area contributed by atoms with E-state index < -0.39 is 48.1 Å². The lowest BCUT2D eigenvalue weighted by molar-refractivity contribution is -0.141. The average molecular weight is 563 g/mol. The molecular weight excluding hydrogens is 528 g/mol. The molecule has 2 aromatic rings. The Morgan fingerprint density at radius 1 is 1.10 bits per heavy atom. The second-order valence-corrected chi connectivity index (χ2v) is 10.3. The monoisotopic (exact) mass is 562 g/mol. The lowest BCUT2D eigenvalue weighted by atomic mass is 10.0. The molecule has 2 rings (SSSR count). The standard InChI is InChI=1S/C27H35ClN4O7/c1-16-6-5-7-19(28)22(16)31-24(36)23(17-8-10-18(34)11-9-17)32(14-15-33)25(37)20(12-13-21(29)35)30-26(38)39-27(2,3)4/h5-11,20,23,33-34H,12-15H2,1-4H3,(H2,29,35)(H,30,38)(H,31,36). The summed E-state index contributed by atoms with van der Waals surface area (Å²) < 4.78 is 5.27. The number of aliphatic hydroxyl groups is 1. The van der Waals surface area contributed by atoms with Crippen LogP contribution in [-0.4, -0.2) is 63.7 Å². The van der Waals surface area contributed by atoms with Crippen LogP contribution in [0.1, 0.15) is 50.8 Å². The van der Waals surface area contributed by atoms with E-state index in [2.05, 4.69) is 10.6 Å². The van der Waals surface area contributed by atoms with Crippen molar-refractivity contribution >= 4 is 41.1 Å². The number of phenolic OH excluding ortho intramolecular Hbond substituents is 1. The molecule has 2 atom stereocenters. The van der Waals surface area contributed by atoms with E-state index in [4.69, 9.17) is 22.1 Å². The molecule has 39 heavy (non-hydrogen) atoms. The lowest BCUT2D eigenvalue weighted by Crippen LogP contribution is -2.53. The average Bonchev–Trinajstić information content (AvgIpc) is 2.83. The Hall–Kier alpha value is -3.83. The molecule has 0 saturated heterocycles. The van der Waals surface area contributed by atoms with Crippen molar-refractivity contribution in [3.05, 3.63) is 58.6 Å². The molecule has 0 spiro atoms. The van der Waals surface area contributed by atoms with Crippen LogP contribution in [0.15, 0.2) is 42.5 Å². The van der Waals surface area contributed by atoms with Gasteiger partial charge >= 0.3 is 6.09 Å². The van der Waals surface area contributed by atoms with Crippen LogP contribution in [0, 0.1) is 6.92 Å². The van der Waals surface area contributed by atoms with Gasteiger partial charge in [-0.25, -0.2) is 4.79 Å². The molecule has 0 saturated carbocycles. The number of rotatable bonds is 11. The van der Waals surface area contributed by atoms with Crippen LogP contribution in [0.5, 0.6) is 5.75 Å². The molecule has 6 N–H and O–H groups in total. The SMILES string of the molecule is Cc1cccc(Cl)c1NC(=O)C(c1ccc(O)cc1)N(CCO)C(=O)C(CCC(N)=O)NC(=O)OC(C)(C)C. The molecule has 12 heteroatoms. The summed E-state index contributed by atoms with van der Waals surface area (Å²) in [5, 5.41) is 25.1. The summed E-state index contributed by atoms with van der Waals surface area (Å²) in [4.78, 5) is 52.7. The Balaban J connectivity index is 2.53. The fraction of sp³-hybridized carbons (Fsp3) is 0.407. The summed E-state index contributed by atoms with van der Waals surface area (Å²) in [5.74, 6) is -2.19. The predicted octanol–water partition coefficient (Wildman–Crippen LogP) is 3.01. The maximum Gasteiger partial charge on any atom is 0.408 e. The second kappa shape index (κ2) is 13.8. The number of amides is 4. The van der Waals surface area contributed by atoms with E-state index in [0.717, 1.165) is 4.90 Å². The van der Waals surface area contributed by atoms with Gasteiger partial charge in [0.15, 0.2) is 0 Å². The molecule has 0 aliphatic carbocycles. The molecule has 212 valence electrons. The normalized spacial score (nSPS) is 12.7. The Morgan fingerprint density at radius 2 is 1.74 bits per heavy atom. The number of nitrogens with two attached hydrogens (primary N) is 1. The first-order valence-electron chi connectivity index (χ1n) is 12.3. The van der Waals surface area contributed by atoms with Crippen molar-refractivity contribution in [3.63, 3.8) is 0 Å². The molecule has 0 aliphatic rings. The number of carbonyl (C=O) groups is 4. The summed E-state index contributed by atoms with van der Waals surface area (Å²) in [6.07, 6.45) is -1.33. The van der Waals surface area contributed by atoms with Gasteiger partial charge in [-0.2, -0.15) is 0 Å². The van der Waals surface area contributed by atoms with E-state index in [9.17, 15) is 29.4 Å². The molecule has 0 heterocycles. The summed E-state index contributed by atoms with van der Waals surface area (Å²) in [6, 6.07) is 8.04. The van der Waals surface area contributed by atoms with Gasteiger partial charge in [0.1, 0.15) is 23.4 Å². The predicted molar refractivity (Wildman–Crippen MR) is 146 cm³/mol. The highest BCUT2D eigenvalue weighted by molar-refractivity contribution is 6.34. The number of aryl methyl sites for hydroxylation is 1. The van der Waals surface area contributed by atoms with Gasteiger partial charge in [0.05, 0.1) is 17.3 Å². The fourth-order valence-corrected chi connectivity index (χ4v) is 4.05. The molecule has 0 bridgehead atoms. The lowest BCUT2D eigenvalue weighted by Gasteiger charge is -2.34. The number of halogens is 1. The van der Waals surface area contributed by atoms with Crippen molar-refractivity contribution in [2.45, 2.75) is 58.2 Å². The number of para-hydroxylation sites is 1. The third-order valence-corrected chi connectivity index (χ3v) is 5.85.